The van der Waals surface area contributed by atoms with Crippen LogP contribution in [-0.4, -0.2) is 123 Å². The maximum Gasteiger partial charge on any atom is 0.243 e. The van der Waals surface area contributed by atoms with Crippen LogP contribution in [0.2, 0.25) is 0 Å². The molecule has 0 aromatic rings. The standard InChI is InChI=1S/C25H41N5O3/c26-20-25(5-7-28(8-6-25)17-21-3-15-32-16-4-21)24(31)29-12-9-27(10-13-29)11-14-30-22-1-2-23(30)19-33-18-22/h21-23H,1-19H2. The van der Waals surface area contributed by atoms with E-state index in [4.69, 9.17) is 9.47 Å². The molecule has 33 heavy (non-hydrogen) atoms. The summed E-state index contributed by atoms with van der Waals surface area (Å²) in [5.41, 5.74) is -0.818. The molecule has 0 spiro atoms. The van der Waals surface area contributed by atoms with Crippen molar-refractivity contribution in [2.75, 3.05) is 85.3 Å². The molecule has 5 saturated heterocycles. The van der Waals surface area contributed by atoms with Gasteiger partial charge in [0.15, 0.2) is 0 Å². The van der Waals surface area contributed by atoms with Crippen molar-refractivity contribution in [3.8, 4) is 6.07 Å². The van der Waals surface area contributed by atoms with Gasteiger partial charge >= 0.3 is 0 Å². The van der Waals surface area contributed by atoms with E-state index >= 15 is 0 Å². The number of amides is 1. The van der Waals surface area contributed by atoms with Crippen molar-refractivity contribution in [1.82, 2.24) is 19.6 Å². The summed E-state index contributed by atoms with van der Waals surface area (Å²) in [5.74, 6) is 0.784. The van der Waals surface area contributed by atoms with Gasteiger partial charge < -0.3 is 19.3 Å². The van der Waals surface area contributed by atoms with E-state index in [2.05, 4.69) is 20.8 Å². The minimum atomic E-state index is -0.818. The number of carbonyl (C=O) groups excluding carboxylic acids is 1. The van der Waals surface area contributed by atoms with Crippen LogP contribution in [0.5, 0.6) is 0 Å². The molecule has 1 amide bonds. The molecule has 2 atom stereocenters. The number of ether oxygens (including phenoxy) is 2. The van der Waals surface area contributed by atoms with Crippen LogP contribution in [0.3, 0.4) is 0 Å². The smallest absolute Gasteiger partial charge is 0.243 e. The van der Waals surface area contributed by atoms with Crippen LogP contribution in [0.1, 0.15) is 38.5 Å². The second-order valence-corrected chi connectivity index (χ2v) is 10.8. The monoisotopic (exact) mass is 459 g/mol. The van der Waals surface area contributed by atoms with Crippen LogP contribution in [0.25, 0.3) is 0 Å². The number of hydrogen-bond donors (Lipinski definition) is 0. The van der Waals surface area contributed by atoms with E-state index in [1.165, 1.54) is 12.8 Å². The van der Waals surface area contributed by atoms with E-state index in [0.29, 0.717) is 30.8 Å². The number of carbonyl (C=O) groups is 1. The molecule has 8 nitrogen and oxygen atoms in total. The number of nitrogens with zero attached hydrogens (tertiary/aromatic N) is 5. The Balaban J connectivity index is 1.06. The van der Waals surface area contributed by atoms with Crippen LogP contribution in [-0.2, 0) is 14.3 Å². The molecule has 184 valence electrons. The molecule has 0 radical (unpaired) electrons. The van der Waals surface area contributed by atoms with Gasteiger partial charge in [0, 0.05) is 84.2 Å². The second-order valence-electron chi connectivity index (χ2n) is 10.8. The number of hydrogen-bond acceptors (Lipinski definition) is 7. The zero-order valence-corrected chi connectivity index (χ0v) is 20.1. The number of nitriles is 1. The summed E-state index contributed by atoms with van der Waals surface area (Å²) < 4.78 is 11.2. The second kappa shape index (κ2) is 10.6. The first kappa shape index (κ1) is 23.5. The molecule has 5 fully saturated rings. The highest BCUT2D eigenvalue weighted by molar-refractivity contribution is 5.85. The molecule has 0 aliphatic carbocycles. The zero-order valence-electron chi connectivity index (χ0n) is 20.1. The van der Waals surface area contributed by atoms with Gasteiger partial charge in [-0.1, -0.05) is 0 Å². The lowest BCUT2D eigenvalue weighted by Gasteiger charge is -2.43. The summed E-state index contributed by atoms with van der Waals surface area (Å²) in [6.07, 6.45) is 6.16. The average molecular weight is 460 g/mol. The van der Waals surface area contributed by atoms with E-state index in [-0.39, 0.29) is 5.91 Å². The van der Waals surface area contributed by atoms with E-state index < -0.39 is 5.41 Å². The molecule has 0 N–H and O–H groups in total. The summed E-state index contributed by atoms with van der Waals surface area (Å²) in [6, 6.07) is 3.69. The van der Waals surface area contributed by atoms with Gasteiger partial charge in [-0.15, -0.1) is 0 Å². The third-order valence-corrected chi connectivity index (χ3v) is 8.92. The van der Waals surface area contributed by atoms with E-state index in [1.807, 2.05) is 4.90 Å². The Labute approximate surface area is 198 Å². The maximum absolute atomic E-state index is 13.4. The molecule has 0 aromatic carbocycles. The summed E-state index contributed by atoms with van der Waals surface area (Å²) in [7, 11) is 0. The number of fused-ring (bicyclic) bond motifs is 2. The molecule has 0 saturated carbocycles. The lowest BCUT2D eigenvalue weighted by atomic mass is 9.78. The number of rotatable bonds is 6. The first-order chi connectivity index (χ1) is 16.2. The molecule has 5 heterocycles. The highest BCUT2D eigenvalue weighted by Gasteiger charge is 2.45. The fourth-order valence-corrected chi connectivity index (χ4v) is 6.60. The van der Waals surface area contributed by atoms with Crippen LogP contribution in [0.4, 0.5) is 0 Å². The molecule has 8 heteroatoms. The lowest BCUT2D eigenvalue weighted by Crippen LogP contribution is -2.56. The predicted octanol–water partition coefficient (Wildman–Crippen LogP) is 1.03. The van der Waals surface area contributed by atoms with E-state index in [0.717, 1.165) is 98.2 Å². The molecule has 0 aromatic heterocycles. The molecule has 5 rings (SSSR count). The van der Waals surface area contributed by atoms with Crippen molar-refractivity contribution in [2.45, 2.75) is 50.6 Å². The Morgan fingerprint density at radius 1 is 0.848 bits per heavy atom. The van der Waals surface area contributed by atoms with Gasteiger partial charge in [0.05, 0.1) is 19.3 Å². The van der Waals surface area contributed by atoms with Crippen LogP contribution in [0.15, 0.2) is 0 Å². The summed E-state index contributed by atoms with van der Waals surface area (Å²) in [4.78, 5) is 23.0. The normalized spacial score (nSPS) is 32.0. The first-order valence-corrected chi connectivity index (χ1v) is 13.2. The largest absolute Gasteiger partial charge is 0.381 e. The topological polar surface area (TPSA) is 72.3 Å². The predicted molar refractivity (Wildman–Crippen MR) is 125 cm³/mol. The third kappa shape index (κ3) is 5.23. The fourth-order valence-electron chi connectivity index (χ4n) is 6.60. The van der Waals surface area contributed by atoms with E-state index in [1.54, 1.807) is 0 Å². The van der Waals surface area contributed by atoms with Crippen LogP contribution >= 0.6 is 0 Å². The fraction of sp³-hybridized carbons (Fsp3) is 0.920. The molecular formula is C25H41N5O3. The first-order valence-electron chi connectivity index (χ1n) is 13.2. The minimum absolute atomic E-state index is 0.0848. The Morgan fingerprint density at radius 2 is 1.52 bits per heavy atom. The number of piperazine rings is 1. The van der Waals surface area contributed by atoms with Crippen molar-refractivity contribution in [3.05, 3.63) is 0 Å². The van der Waals surface area contributed by atoms with Crippen LogP contribution in [0, 0.1) is 22.7 Å². The third-order valence-electron chi connectivity index (χ3n) is 8.92. The number of piperidine rings is 1. The Kier molecular flexibility index (Phi) is 7.53. The highest BCUT2D eigenvalue weighted by Crippen LogP contribution is 2.34. The number of likely N-dealkylation sites (tertiary alicyclic amines) is 1. The van der Waals surface area contributed by atoms with Crippen molar-refractivity contribution in [3.63, 3.8) is 0 Å². The SMILES string of the molecule is N#CC1(C(=O)N2CCN(CCN3C4CCC3COC4)CC2)CCN(CC2CCOCC2)CC1. The molecule has 5 aliphatic rings. The molecule has 2 bridgehead atoms. The van der Waals surface area contributed by atoms with Crippen molar-refractivity contribution in [2.24, 2.45) is 11.3 Å². The van der Waals surface area contributed by atoms with Gasteiger partial charge in [-0.2, -0.15) is 5.26 Å². The van der Waals surface area contributed by atoms with Gasteiger partial charge in [0.1, 0.15) is 5.41 Å². The Hall–Kier alpha value is -1.24. The van der Waals surface area contributed by atoms with Gasteiger partial charge in [-0.3, -0.25) is 14.6 Å². The lowest BCUT2D eigenvalue weighted by molar-refractivity contribution is -0.143. The molecule has 2 unspecified atom stereocenters. The highest BCUT2D eigenvalue weighted by atomic mass is 16.5. The molecular weight excluding hydrogens is 418 g/mol. The van der Waals surface area contributed by atoms with E-state index in [9.17, 15) is 10.1 Å². The quantitative estimate of drug-likeness (QED) is 0.587. The summed E-state index contributed by atoms with van der Waals surface area (Å²) in [5, 5.41) is 10.0. The summed E-state index contributed by atoms with van der Waals surface area (Å²) >= 11 is 0. The van der Waals surface area contributed by atoms with Crippen molar-refractivity contribution in [1.29, 1.82) is 5.26 Å². The average Bonchev–Trinajstić information content (AvgIpc) is 3.09. The Morgan fingerprint density at radius 3 is 2.15 bits per heavy atom. The van der Waals surface area contributed by atoms with Gasteiger partial charge in [0.25, 0.3) is 0 Å². The van der Waals surface area contributed by atoms with Gasteiger partial charge in [-0.05, 0) is 44.4 Å². The van der Waals surface area contributed by atoms with Gasteiger partial charge in [-0.25, -0.2) is 0 Å². The summed E-state index contributed by atoms with van der Waals surface area (Å²) in [6.45, 7) is 11.9. The van der Waals surface area contributed by atoms with Gasteiger partial charge in [0.2, 0.25) is 5.91 Å². The Bertz CT molecular complexity index is 689. The number of morpholine rings is 1. The maximum atomic E-state index is 13.4. The minimum Gasteiger partial charge on any atom is -0.381 e. The van der Waals surface area contributed by atoms with Crippen LogP contribution < -0.4 is 0 Å². The van der Waals surface area contributed by atoms with Crippen molar-refractivity contribution >= 4 is 5.91 Å². The van der Waals surface area contributed by atoms with Crippen molar-refractivity contribution < 1.29 is 14.3 Å². The zero-order chi connectivity index (χ0) is 22.7. The molecule has 5 aliphatic heterocycles.